The molecular formula is C12H20N2. The van der Waals surface area contributed by atoms with Crippen LogP contribution in [0.1, 0.15) is 26.7 Å². The Morgan fingerprint density at radius 2 is 2.21 bits per heavy atom. The van der Waals surface area contributed by atoms with Crippen molar-refractivity contribution in [3.05, 3.63) is 23.9 Å². The lowest BCUT2D eigenvalue weighted by Gasteiger charge is -2.39. The lowest BCUT2D eigenvalue weighted by atomic mass is 10.2. The van der Waals surface area contributed by atoms with Gasteiger partial charge in [0.25, 0.3) is 0 Å². The molecule has 0 N–H and O–H groups in total. The first-order chi connectivity index (χ1) is 6.70. The summed E-state index contributed by atoms with van der Waals surface area (Å²) in [5.41, 5.74) is 1.36. The van der Waals surface area contributed by atoms with Gasteiger partial charge in [0.05, 0.1) is 0 Å². The van der Waals surface area contributed by atoms with Crippen LogP contribution in [0.4, 0.5) is 0 Å². The number of likely N-dealkylation sites (N-methyl/N-ethyl adjacent to an activating group) is 1. The third-order valence-electron chi connectivity index (χ3n) is 3.52. The Morgan fingerprint density at radius 3 is 2.86 bits per heavy atom. The van der Waals surface area contributed by atoms with Crippen molar-refractivity contribution in [1.29, 1.82) is 0 Å². The molecule has 14 heavy (non-hydrogen) atoms. The number of likely N-dealkylation sites (tertiary alicyclic amines) is 1. The van der Waals surface area contributed by atoms with Crippen LogP contribution < -0.4 is 0 Å². The molecule has 0 radical (unpaired) electrons. The molecule has 2 aliphatic heterocycles. The van der Waals surface area contributed by atoms with Gasteiger partial charge in [0.15, 0.2) is 0 Å². The number of hydrogen-bond acceptors (Lipinski definition) is 2. The molecule has 0 aromatic carbocycles. The van der Waals surface area contributed by atoms with Crippen molar-refractivity contribution in [3.63, 3.8) is 0 Å². The summed E-state index contributed by atoms with van der Waals surface area (Å²) in [5, 5.41) is 0. The number of allylic oxidation sites excluding steroid dienone is 3. The predicted molar refractivity (Wildman–Crippen MR) is 59.9 cm³/mol. The molecule has 0 saturated carbocycles. The number of rotatable bonds is 1. The molecule has 78 valence electrons. The van der Waals surface area contributed by atoms with E-state index in [4.69, 9.17) is 0 Å². The Balaban J connectivity index is 2.11. The van der Waals surface area contributed by atoms with Gasteiger partial charge in [0, 0.05) is 25.3 Å². The van der Waals surface area contributed by atoms with E-state index in [9.17, 15) is 0 Å². The smallest absolute Gasteiger partial charge is 0.101 e. The molecule has 0 unspecified atom stereocenters. The maximum atomic E-state index is 2.59. The lowest BCUT2D eigenvalue weighted by molar-refractivity contribution is 0.113. The fraction of sp³-hybridized carbons (Fsp3) is 0.667. The molecule has 0 spiro atoms. The molecular weight excluding hydrogens is 172 g/mol. The summed E-state index contributed by atoms with van der Waals surface area (Å²) in [5.74, 6) is 0. The van der Waals surface area contributed by atoms with Crippen LogP contribution in [0.15, 0.2) is 23.9 Å². The fourth-order valence-electron chi connectivity index (χ4n) is 2.43. The van der Waals surface area contributed by atoms with Crippen LogP contribution in [0.5, 0.6) is 0 Å². The number of nitrogens with zero attached hydrogens (tertiary/aromatic N) is 2. The van der Waals surface area contributed by atoms with Gasteiger partial charge in [-0.05, 0) is 38.8 Å². The van der Waals surface area contributed by atoms with E-state index in [-0.39, 0.29) is 0 Å². The van der Waals surface area contributed by atoms with Gasteiger partial charge in [-0.1, -0.05) is 6.08 Å². The predicted octanol–water partition coefficient (Wildman–Crippen LogP) is 2.20. The van der Waals surface area contributed by atoms with Gasteiger partial charge in [-0.2, -0.15) is 0 Å². The van der Waals surface area contributed by atoms with E-state index < -0.39 is 0 Å². The average Bonchev–Trinajstić information content (AvgIpc) is 2.57. The van der Waals surface area contributed by atoms with E-state index in [0.29, 0.717) is 6.17 Å². The van der Waals surface area contributed by atoms with Gasteiger partial charge in [-0.3, -0.25) is 4.90 Å². The van der Waals surface area contributed by atoms with E-state index in [0.717, 1.165) is 6.04 Å². The Labute approximate surface area is 86.9 Å². The second-order valence-corrected chi connectivity index (χ2v) is 4.45. The standard InChI is InChI=1S/C12H20N2/c1-10-6-4-8-12(13(10)3)14-9-5-7-11(14)2/h4,6,8,11-12H,5,7,9H2,1-3H3/t11-,12-/m0/s1. The molecule has 2 nitrogen and oxygen atoms in total. The Hall–Kier alpha value is -0.760. The van der Waals surface area contributed by atoms with E-state index in [1.54, 1.807) is 0 Å². The van der Waals surface area contributed by atoms with Crippen molar-refractivity contribution in [1.82, 2.24) is 9.80 Å². The molecule has 0 amide bonds. The minimum atomic E-state index is 0.484. The first kappa shape index (κ1) is 9.78. The Morgan fingerprint density at radius 1 is 1.43 bits per heavy atom. The third-order valence-corrected chi connectivity index (χ3v) is 3.52. The van der Waals surface area contributed by atoms with Crippen molar-refractivity contribution >= 4 is 0 Å². The molecule has 0 aliphatic carbocycles. The summed E-state index contributed by atoms with van der Waals surface area (Å²) < 4.78 is 0. The summed E-state index contributed by atoms with van der Waals surface area (Å²) in [6, 6.07) is 0.734. The Bertz CT molecular complexity index is 267. The van der Waals surface area contributed by atoms with Crippen LogP contribution in [0, 0.1) is 0 Å². The highest BCUT2D eigenvalue weighted by Crippen LogP contribution is 2.25. The molecule has 2 rings (SSSR count). The van der Waals surface area contributed by atoms with Crippen LogP contribution in [-0.2, 0) is 0 Å². The maximum absolute atomic E-state index is 2.59. The van der Waals surface area contributed by atoms with Crippen LogP contribution in [0.3, 0.4) is 0 Å². The quantitative estimate of drug-likeness (QED) is 0.628. The minimum Gasteiger partial charge on any atom is -0.359 e. The monoisotopic (exact) mass is 192 g/mol. The molecule has 0 aromatic rings. The van der Waals surface area contributed by atoms with E-state index in [1.807, 2.05) is 0 Å². The molecule has 2 aliphatic rings. The maximum Gasteiger partial charge on any atom is 0.101 e. The minimum absolute atomic E-state index is 0.484. The molecule has 2 atom stereocenters. The lowest BCUT2D eigenvalue weighted by Crippen LogP contribution is -2.46. The van der Waals surface area contributed by atoms with E-state index in [1.165, 1.54) is 25.1 Å². The average molecular weight is 192 g/mol. The summed E-state index contributed by atoms with van der Waals surface area (Å²) in [7, 11) is 2.19. The zero-order valence-electron chi connectivity index (χ0n) is 9.40. The van der Waals surface area contributed by atoms with Crippen LogP contribution >= 0.6 is 0 Å². The van der Waals surface area contributed by atoms with Crippen molar-refractivity contribution in [2.75, 3.05) is 13.6 Å². The van der Waals surface area contributed by atoms with Crippen molar-refractivity contribution in [3.8, 4) is 0 Å². The summed E-state index contributed by atoms with van der Waals surface area (Å²) in [6.45, 7) is 5.76. The highest BCUT2D eigenvalue weighted by molar-refractivity contribution is 5.19. The number of hydrogen-bond donors (Lipinski definition) is 0. The molecule has 0 aromatic heterocycles. The Kier molecular flexibility index (Phi) is 2.64. The second-order valence-electron chi connectivity index (χ2n) is 4.45. The normalized spacial score (nSPS) is 33.6. The fourth-order valence-corrected chi connectivity index (χ4v) is 2.43. The van der Waals surface area contributed by atoms with Gasteiger partial charge >= 0.3 is 0 Å². The summed E-state index contributed by atoms with van der Waals surface area (Å²) in [6.07, 6.45) is 9.85. The van der Waals surface area contributed by atoms with Gasteiger partial charge in [0.1, 0.15) is 6.17 Å². The molecule has 2 heterocycles. The summed E-state index contributed by atoms with van der Waals surface area (Å²) in [4.78, 5) is 4.95. The first-order valence-electron chi connectivity index (χ1n) is 5.54. The van der Waals surface area contributed by atoms with E-state index >= 15 is 0 Å². The van der Waals surface area contributed by atoms with E-state index in [2.05, 4.69) is 48.9 Å². The van der Waals surface area contributed by atoms with Crippen molar-refractivity contribution in [2.24, 2.45) is 0 Å². The van der Waals surface area contributed by atoms with Crippen LogP contribution in [-0.4, -0.2) is 35.6 Å². The zero-order valence-corrected chi connectivity index (χ0v) is 9.40. The molecule has 1 fully saturated rings. The first-order valence-corrected chi connectivity index (χ1v) is 5.54. The topological polar surface area (TPSA) is 6.48 Å². The van der Waals surface area contributed by atoms with Crippen LogP contribution in [0.2, 0.25) is 0 Å². The molecule has 2 heteroatoms. The molecule has 0 bridgehead atoms. The van der Waals surface area contributed by atoms with Crippen molar-refractivity contribution < 1.29 is 0 Å². The van der Waals surface area contributed by atoms with Gasteiger partial charge in [-0.25, -0.2) is 0 Å². The highest BCUT2D eigenvalue weighted by Gasteiger charge is 2.29. The highest BCUT2D eigenvalue weighted by atomic mass is 15.4. The van der Waals surface area contributed by atoms with Crippen molar-refractivity contribution in [2.45, 2.75) is 38.9 Å². The summed E-state index contributed by atoms with van der Waals surface area (Å²) >= 11 is 0. The SMILES string of the molecule is CC1=CC=C[C@H](N2CCC[C@@H]2C)N1C. The van der Waals surface area contributed by atoms with Crippen LogP contribution in [0.25, 0.3) is 0 Å². The van der Waals surface area contributed by atoms with Gasteiger partial charge in [0.2, 0.25) is 0 Å². The largest absolute Gasteiger partial charge is 0.359 e. The molecule has 1 saturated heterocycles. The third kappa shape index (κ3) is 1.59. The van der Waals surface area contributed by atoms with Gasteiger partial charge < -0.3 is 4.90 Å². The second kappa shape index (κ2) is 3.77. The van der Waals surface area contributed by atoms with Gasteiger partial charge in [-0.15, -0.1) is 0 Å². The zero-order chi connectivity index (χ0) is 10.1.